The van der Waals surface area contributed by atoms with E-state index in [9.17, 15) is 4.79 Å². The monoisotopic (exact) mass is 431 g/mol. The summed E-state index contributed by atoms with van der Waals surface area (Å²) in [5, 5.41) is 0.118. The highest BCUT2D eigenvalue weighted by molar-refractivity contribution is 8.15. The second-order valence-electron chi connectivity index (χ2n) is 8.58. The molecule has 0 aromatic heterocycles. The molecule has 4 nitrogen and oxygen atoms in total. The van der Waals surface area contributed by atoms with Gasteiger partial charge in [0, 0.05) is 64.9 Å². The van der Waals surface area contributed by atoms with E-state index in [1.54, 1.807) is 0 Å². The van der Waals surface area contributed by atoms with E-state index in [1.165, 1.54) is 11.8 Å². The summed E-state index contributed by atoms with van der Waals surface area (Å²) in [4.78, 5) is 19.5. The second-order valence-corrected chi connectivity index (χ2v) is 9.76. The summed E-state index contributed by atoms with van der Waals surface area (Å²) in [7, 11) is 12.2. The first-order valence-electron chi connectivity index (χ1n) is 10.3. The number of fused-ring (bicyclic) bond motifs is 1. The fraction of sp³-hybridized carbons (Fsp3) is 0.269. The summed E-state index contributed by atoms with van der Waals surface area (Å²) in [6.07, 6.45) is 0. The molecule has 1 aliphatic heterocycles. The molecule has 1 heterocycles. The Bertz CT molecular complexity index is 1050. The van der Waals surface area contributed by atoms with Crippen molar-refractivity contribution < 1.29 is 4.79 Å². The summed E-state index contributed by atoms with van der Waals surface area (Å²) in [6, 6.07) is 23.4. The average molecular weight is 432 g/mol. The van der Waals surface area contributed by atoms with Gasteiger partial charge in [-0.25, -0.2) is 0 Å². The first-order chi connectivity index (χ1) is 14.7. The van der Waals surface area contributed by atoms with Gasteiger partial charge in [0.15, 0.2) is 0 Å². The van der Waals surface area contributed by atoms with Gasteiger partial charge in [-0.3, -0.25) is 4.79 Å². The molecule has 0 radical (unpaired) electrons. The van der Waals surface area contributed by atoms with Gasteiger partial charge in [0.25, 0.3) is 0 Å². The van der Waals surface area contributed by atoms with E-state index in [-0.39, 0.29) is 5.12 Å². The third kappa shape index (κ3) is 3.57. The number of thioether (sulfide) groups is 1. The number of rotatable bonds is 5. The minimum absolute atomic E-state index is 0.118. The van der Waals surface area contributed by atoms with E-state index < -0.39 is 4.75 Å². The van der Waals surface area contributed by atoms with E-state index >= 15 is 0 Å². The summed E-state index contributed by atoms with van der Waals surface area (Å²) >= 11 is 1.41. The van der Waals surface area contributed by atoms with Crippen LogP contribution in [0.15, 0.2) is 66.7 Å². The smallest absolute Gasteiger partial charge is 0.221 e. The van der Waals surface area contributed by atoms with Crippen molar-refractivity contribution in [3.63, 3.8) is 0 Å². The number of hydrogen-bond donors (Lipinski definition) is 0. The highest BCUT2D eigenvalue weighted by Gasteiger charge is 2.47. The third-order valence-corrected chi connectivity index (χ3v) is 7.35. The van der Waals surface area contributed by atoms with Gasteiger partial charge in [-0.1, -0.05) is 42.1 Å². The number of carbonyl (C=O) groups is 1. The first kappa shape index (κ1) is 21.3. The maximum Gasteiger partial charge on any atom is 0.221 e. The van der Waals surface area contributed by atoms with E-state index in [1.807, 2.05) is 53.3 Å². The molecule has 0 saturated carbocycles. The molecule has 0 N–H and O–H groups in total. The lowest BCUT2D eigenvalue weighted by Gasteiger charge is -2.31. The average Bonchev–Trinajstić information content (AvgIpc) is 3.06. The van der Waals surface area contributed by atoms with Crippen molar-refractivity contribution in [2.24, 2.45) is 0 Å². The molecule has 0 unspecified atom stereocenters. The van der Waals surface area contributed by atoms with Gasteiger partial charge in [-0.2, -0.15) is 0 Å². The van der Waals surface area contributed by atoms with Crippen molar-refractivity contribution >= 4 is 33.9 Å². The second kappa shape index (κ2) is 7.97. The Morgan fingerprint density at radius 1 is 0.613 bits per heavy atom. The van der Waals surface area contributed by atoms with Crippen LogP contribution in [-0.2, 0) is 4.75 Å². The van der Waals surface area contributed by atoms with Crippen LogP contribution in [0.2, 0.25) is 0 Å². The fourth-order valence-corrected chi connectivity index (χ4v) is 5.47. The number of carbonyl (C=O) groups excluding carboxylic acids is 1. The van der Waals surface area contributed by atoms with Crippen molar-refractivity contribution in [2.45, 2.75) is 4.75 Å². The fourth-order valence-electron chi connectivity index (χ4n) is 4.12. The van der Waals surface area contributed by atoms with Gasteiger partial charge < -0.3 is 14.7 Å². The Morgan fingerprint density at radius 2 is 1.03 bits per heavy atom. The predicted octanol–water partition coefficient (Wildman–Crippen LogP) is 5.06. The Labute approximate surface area is 189 Å². The summed E-state index contributed by atoms with van der Waals surface area (Å²) in [6.45, 7) is 0. The van der Waals surface area contributed by atoms with Crippen LogP contribution < -0.4 is 14.7 Å². The van der Waals surface area contributed by atoms with Crippen LogP contribution in [0.5, 0.6) is 0 Å². The zero-order chi connectivity index (χ0) is 22.3. The standard InChI is InChI=1S/C26H29N3OS/c1-27(2)20-11-7-18(8-12-20)26(19-9-13-21(14-10-19)28(3)4)24-16-15-22(29(5)6)17-23(24)25(30)31-26/h7-17H,1-6H3. The van der Waals surface area contributed by atoms with Gasteiger partial charge in [0.1, 0.15) is 0 Å². The van der Waals surface area contributed by atoms with Gasteiger partial charge in [0.05, 0.1) is 4.75 Å². The molecule has 0 atom stereocenters. The molecule has 0 aliphatic carbocycles. The van der Waals surface area contributed by atoms with Crippen LogP contribution in [0.1, 0.15) is 27.0 Å². The van der Waals surface area contributed by atoms with Gasteiger partial charge in [-0.15, -0.1) is 0 Å². The van der Waals surface area contributed by atoms with Crippen molar-refractivity contribution in [1.29, 1.82) is 0 Å². The summed E-state index contributed by atoms with van der Waals surface area (Å²) in [5.74, 6) is 0. The Hall–Kier alpha value is -2.92. The van der Waals surface area contributed by atoms with Crippen LogP contribution in [-0.4, -0.2) is 47.4 Å². The van der Waals surface area contributed by atoms with E-state index in [4.69, 9.17) is 0 Å². The van der Waals surface area contributed by atoms with Crippen LogP contribution in [0.25, 0.3) is 0 Å². The molecule has 5 heteroatoms. The molecule has 0 spiro atoms. The predicted molar refractivity (Wildman–Crippen MR) is 134 cm³/mol. The Balaban J connectivity index is 1.94. The minimum Gasteiger partial charge on any atom is -0.378 e. The molecular weight excluding hydrogens is 402 g/mol. The molecule has 3 aromatic carbocycles. The Kier molecular flexibility index (Phi) is 5.48. The molecule has 160 valence electrons. The Morgan fingerprint density at radius 3 is 1.45 bits per heavy atom. The van der Waals surface area contributed by atoms with Gasteiger partial charge in [0.2, 0.25) is 5.12 Å². The van der Waals surface area contributed by atoms with Crippen LogP contribution in [0.3, 0.4) is 0 Å². The van der Waals surface area contributed by atoms with Crippen LogP contribution in [0.4, 0.5) is 17.1 Å². The molecule has 0 fully saturated rings. The van der Waals surface area contributed by atoms with Gasteiger partial charge >= 0.3 is 0 Å². The highest BCUT2D eigenvalue weighted by atomic mass is 32.2. The normalized spacial score (nSPS) is 14.3. The molecule has 3 aromatic rings. The van der Waals surface area contributed by atoms with Crippen molar-refractivity contribution in [2.75, 3.05) is 57.0 Å². The zero-order valence-electron chi connectivity index (χ0n) is 19.0. The maximum atomic E-state index is 13.3. The molecular formula is C26H29N3OS. The first-order valence-corrected chi connectivity index (χ1v) is 11.2. The van der Waals surface area contributed by atoms with E-state index in [0.717, 1.165) is 39.3 Å². The topological polar surface area (TPSA) is 26.8 Å². The molecule has 0 amide bonds. The number of benzene rings is 3. The van der Waals surface area contributed by atoms with Gasteiger partial charge in [-0.05, 0) is 53.1 Å². The lowest BCUT2D eigenvalue weighted by atomic mass is 9.82. The van der Waals surface area contributed by atoms with Crippen LogP contribution in [0, 0.1) is 0 Å². The number of hydrogen-bond acceptors (Lipinski definition) is 5. The SMILES string of the molecule is CN(C)c1ccc(C2(c3ccc(N(C)C)cc3)SC(=O)c3cc(N(C)C)ccc32)cc1. The number of nitrogens with zero attached hydrogens (tertiary/aromatic N) is 3. The minimum atomic E-state index is -0.563. The lowest BCUT2D eigenvalue weighted by Crippen LogP contribution is -2.23. The quantitative estimate of drug-likeness (QED) is 0.563. The third-order valence-electron chi connectivity index (χ3n) is 5.95. The summed E-state index contributed by atoms with van der Waals surface area (Å²) < 4.78 is -0.563. The molecule has 31 heavy (non-hydrogen) atoms. The van der Waals surface area contributed by atoms with Crippen molar-refractivity contribution in [3.8, 4) is 0 Å². The largest absolute Gasteiger partial charge is 0.378 e. The number of anilines is 3. The zero-order valence-corrected chi connectivity index (χ0v) is 19.8. The molecule has 1 aliphatic rings. The highest BCUT2D eigenvalue weighted by Crippen LogP contribution is 2.56. The van der Waals surface area contributed by atoms with E-state index in [2.05, 4.69) is 70.5 Å². The maximum absolute atomic E-state index is 13.3. The molecule has 4 rings (SSSR count). The lowest BCUT2D eigenvalue weighted by molar-refractivity contribution is 0.109. The van der Waals surface area contributed by atoms with Crippen molar-refractivity contribution in [1.82, 2.24) is 0 Å². The molecule has 0 bridgehead atoms. The van der Waals surface area contributed by atoms with Crippen LogP contribution >= 0.6 is 11.8 Å². The summed E-state index contributed by atoms with van der Waals surface area (Å²) in [5.41, 5.74) is 7.40. The van der Waals surface area contributed by atoms with E-state index in [0.29, 0.717) is 0 Å². The molecule has 0 saturated heterocycles. The van der Waals surface area contributed by atoms with Crippen molar-refractivity contribution in [3.05, 3.63) is 89.0 Å².